The zero-order valence-corrected chi connectivity index (χ0v) is 12.2. The van der Waals surface area contributed by atoms with Crippen molar-refractivity contribution in [2.75, 3.05) is 33.5 Å². The summed E-state index contributed by atoms with van der Waals surface area (Å²) in [5, 5.41) is 0. The van der Waals surface area contributed by atoms with E-state index in [4.69, 9.17) is 15.2 Å². The predicted molar refractivity (Wildman–Crippen MR) is 75.7 cm³/mol. The SMILES string of the molecule is CCC1CCC(CN)(CCCOCCOC)CC1. The molecule has 1 fully saturated rings. The fourth-order valence-corrected chi connectivity index (χ4v) is 3.05. The smallest absolute Gasteiger partial charge is 0.0700 e. The minimum atomic E-state index is 0.413. The first-order valence-corrected chi connectivity index (χ1v) is 7.53. The van der Waals surface area contributed by atoms with Crippen LogP contribution in [0.5, 0.6) is 0 Å². The Bertz CT molecular complexity index is 201. The molecule has 0 atom stereocenters. The third kappa shape index (κ3) is 5.25. The van der Waals surface area contributed by atoms with Crippen molar-refractivity contribution in [1.29, 1.82) is 0 Å². The molecular formula is C15H31NO2. The molecule has 0 saturated heterocycles. The van der Waals surface area contributed by atoms with E-state index >= 15 is 0 Å². The molecule has 0 aromatic carbocycles. The summed E-state index contributed by atoms with van der Waals surface area (Å²) in [5.41, 5.74) is 6.44. The topological polar surface area (TPSA) is 44.5 Å². The number of nitrogens with two attached hydrogens (primary N) is 1. The van der Waals surface area contributed by atoms with Gasteiger partial charge in [-0.15, -0.1) is 0 Å². The zero-order chi connectivity index (χ0) is 13.3. The second-order valence-electron chi connectivity index (χ2n) is 5.76. The van der Waals surface area contributed by atoms with E-state index in [-0.39, 0.29) is 0 Å². The van der Waals surface area contributed by atoms with Crippen LogP contribution in [-0.4, -0.2) is 33.5 Å². The van der Waals surface area contributed by atoms with Crippen molar-refractivity contribution in [3.05, 3.63) is 0 Å². The largest absolute Gasteiger partial charge is 0.382 e. The number of rotatable bonds is 9. The lowest BCUT2D eigenvalue weighted by Gasteiger charge is -2.39. The summed E-state index contributed by atoms with van der Waals surface area (Å²) in [5.74, 6) is 0.947. The Labute approximate surface area is 112 Å². The summed E-state index contributed by atoms with van der Waals surface area (Å²) in [7, 11) is 1.71. The molecule has 0 aromatic heterocycles. The van der Waals surface area contributed by atoms with Gasteiger partial charge in [0.15, 0.2) is 0 Å². The highest BCUT2D eigenvalue weighted by atomic mass is 16.5. The zero-order valence-electron chi connectivity index (χ0n) is 12.2. The second-order valence-corrected chi connectivity index (χ2v) is 5.76. The van der Waals surface area contributed by atoms with Gasteiger partial charge in [-0.3, -0.25) is 0 Å². The van der Waals surface area contributed by atoms with E-state index < -0.39 is 0 Å². The molecule has 2 N–H and O–H groups in total. The van der Waals surface area contributed by atoms with E-state index in [2.05, 4.69) is 6.92 Å². The Balaban J connectivity index is 2.17. The maximum Gasteiger partial charge on any atom is 0.0700 e. The van der Waals surface area contributed by atoms with Gasteiger partial charge in [0.1, 0.15) is 0 Å². The molecule has 108 valence electrons. The fourth-order valence-electron chi connectivity index (χ4n) is 3.05. The van der Waals surface area contributed by atoms with Crippen molar-refractivity contribution in [2.24, 2.45) is 17.1 Å². The highest BCUT2D eigenvalue weighted by molar-refractivity contribution is 4.86. The van der Waals surface area contributed by atoms with Crippen LogP contribution in [0, 0.1) is 11.3 Å². The van der Waals surface area contributed by atoms with E-state index in [1.807, 2.05) is 0 Å². The maximum absolute atomic E-state index is 6.03. The van der Waals surface area contributed by atoms with Crippen molar-refractivity contribution in [3.8, 4) is 0 Å². The van der Waals surface area contributed by atoms with Crippen molar-refractivity contribution in [1.82, 2.24) is 0 Å². The van der Waals surface area contributed by atoms with Gasteiger partial charge < -0.3 is 15.2 Å². The van der Waals surface area contributed by atoms with Crippen LogP contribution in [0.2, 0.25) is 0 Å². The number of ether oxygens (including phenoxy) is 2. The van der Waals surface area contributed by atoms with Crippen LogP contribution in [-0.2, 0) is 9.47 Å². The summed E-state index contributed by atoms with van der Waals surface area (Å²) in [4.78, 5) is 0. The molecular weight excluding hydrogens is 226 g/mol. The average Bonchev–Trinajstić information content (AvgIpc) is 2.43. The highest BCUT2D eigenvalue weighted by Crippen LogP contribution is 2.42. The highest BCUT2D eigenvalue weighted by Gasteiger charge is 2.32. The van der Waals surface area contributed by atoms with E-state index in [1.165, 1.54) is 38.5 Å². The van der Waals surface area contributed by atoms with Gasteiger partial charge in [0.2, 0.25) is 0 Å². The molecule has 18 heavy (non-hydrogen) atoms. The minimum absolute atomic E-state index is 0.413. The average molecular weight is 257 g/mol. The van der Waals surface area contributed by atoms with Crippen molar-refractivity contribution >= 4 is 0 Å². The minimum Gasteiger partial charge on any atom is -0.382 e. The van der Waals surface area contributed by atoms with Crippen molar-refractivity contribution in [2.45, 2.75) is 51.9 Å². The van der Waals surface area contributed by atoms with Crippen LogP contribution in [0.15, 0.2) is 0 Å². The summed E-state index contributed by atoms with van der Waals surface area (Å²) in [6.07, 6.45) is 9.09. The number of methoxy groups -OCH3 is 1. The molecule has 1 aliphatic carbocycles. The molecule has 1 saturated carbocycles. The lowest BCUT2D eigenvalue weighted by molar-refractivity contribution is 0.0580. The van der Waals surface area contributed by atoms with Crippen LogP contribution in [0.4, 0.5) is 0 Å². The van der Waals surface area contributed by atoms with Crippen LogP contribution in [0.1, 0.15) is 51.9 Å². The Morgan fingerprint density at radius 2 is 1.89 bits per heavy atom. The van der Waals surface area contributed by atoms with E-state index in [0.29, 0.717) is 18.6 Å². The normalized spacial score (nSPS) is 28.5. The van der Waals surface area contributed by atoms with Gasteiger partial charge in [0.25, 0.3) is 0 Å². The monoisotopic (exact) mass is 257 g/mol. The molecule has 0 radical (unpaired) electrons. The van der Waals surface area contributed by atoms with E-state index in [0.717, 1.165) is 25.5 Å². The summed E-state index contributed by atoms with van der Waals surface area (Å²) >= 11 is 0. The Kier molecular flexibility index (Phi) is 7.87. The quantitative estimate of drug-likeness (QED) is 0.646. The van der Waals surface area contributed by atoms with Crippen molar-refractivity contribution in [3.63, 3.8) is 0 Å². The van der Waals surface area contributed by atoms with Gasteiger partial charge in [0.05, 0.1) is 13.2 Å². The standard InChI is InChI=1S/C15H31NO2/c1-3-14-5-8-15(13-16,9-6-14)7-4-10-18-12-11-17-2/h14H,3-13,16H2,1-2H3. The van der Waals surface area contributed by atoms with Crippen LogP contribution in [0.3, 0.4) is 0 Å². The number of hydrogen-bond acceptors (Lipinski definition) is 3. The number of hydrogen-bond donors (Lipinski definition) is 1. The van der Waals surface area contributed by atoms with Gasteiger partial charge in [0, 0.05) is 13.7 Å². The van der Waals surface area contributed by atoms with Gasteiger partial charge >= 0.3 is 0 Å². The lowest BCUT2D eigenvalue weighted by Crippen LogP contribution is -2.35. The van der Waals surface area contributed by atoms with Crippen LogP contribution >= 0.6 is 0 Å². The first-order chi connectivity index (χ1) is 8.76. The molecule has 1 aliphatic rings. The third-order valence-electron chi connectivity index (χ3n) is 4.60. The molecule has 1 rings (SSSR count). The Morgan fingerprint density at radius 1 is 1.17 bits per heavy atom. The van der Waals surface area contributed by atoms with E-state index in [9.17, 15) is 0 Å². The third-order valence-corrected chi connectivity index (χ3v) is 4.60. The Morgan fingerprint density at radius 3 is 2.44 bits per heavy atom. The van der Waals surface area contributed by atoms with Gasteiger partial charge in [-0.05, 0) is 56.4 Å². The molecule has 0 bridgehead atoms. The lowest BCUT2D eigenvalue weighted by atomic mass is 9.67. The summed E-state index contributed by atoms with van der Waals surface area (Å²) in [6.45, 7) is 5.41. The maximum atomic E-state index is 6.03. The molecule has 0 unspecified atom stereocenters. The molecule has 3 heteroatoms. The van der Waals surface area contributed by atoms with Crippen LogP contribution in [0.25, 0.3) is 0 Å². The van der Waals surface area contributed by atoms with E-state index in [1.54, 1.807) is 7.11 Å². The molecule has 0 aliphatic heterocycles. The summed E-state index contributed by atoms with van der Waals surface area (Å²) in [6, 6.07) is 0. The molecule has 0 aromatic rings. The first-order valence-electron chi connectivity index (χ1n) is 7.53. The molecule has 3 nitrogen and oxygen atoms in total. The second kappa shape index (κ2) is 8.89. The molecule has 0 amide bonds. The van der Waals surface area contributed by atoms with Gasteiger partial charge in [-0.25, -0.2) is 0 Å². The van der Waals surface area contributed by atoms with Crippen LogP contribution < -0.4 is 5.73 Å². The molecule has 0 spiro atoms. The van der Waals surface area contributed by atoms with Gasteiger partial charge in [-0.1, -0.05) is 13.3 Å². The van der Waals surface area contributed by atoms with Gasteiger partial charge in [-0.2, -0.15) is 0 Å². The van der Waals surface area contributed by atoms with Crippen molar-refractivity contribution < 1.29 is 9.47 Å². The Hall–Kier alpha value is -0.120. The first kappa shape index (κ1) is 15.9. The fraction of sp³-hybridized carbons (Fsp3) is 1.00. The summed E-state index contributed by atoms with van der Waals surface area (Å²) < 4.78 is 10.5. The predicted octanol–water partition coefficient (Wildman–Crippen LogP) is 2.97. The molecule has 0 heterocycles.